The molecule has 0 spiro atoms. The highest BCUT2D eigenvalue weighted by Gasteiger charge is 2.31. The first-order valence-corrected chi connectivity index (χ1v) is 10.6. The predicted octanol–water partition coefficient (Wildman–Crippen LogP) is 4.86. The van der Waals surface area contributed by atoms with Crippen molar-refractivity contribution in [3.63, 3.8) is 0 Å². The fraction of sp³-hybridized carbons (Fsp3) is 0.381. The maximum absolute atomic E-state index is 12.0. The molecule has 4 nitrogen and oxygen atoms in total. The topological polar surface area (TPSA) is 32.8 Å². The average molecular weight is 403 g/mol. The van der Waals surface area contributed by atoms with Gasteiger partial charge < -0.3 is 9.64 Å². The summed E-state index contributed by atoms with van der Waals surface area (Å²) < 4.78 is 5.15. The number of carbonyl (C=O) groups is 1. The van der Waals surface area contributed by atoms with Gasteiger partial charge in [0.05, 0.1) is 6.61 Å². The Bertz CT molecular complexity index is 837. The molecule has 0 bridgehead atoms. The Morgan fingerprint density at radius 1 is 1.15 bits per heavy atom. The smallest absolute Gasteiger partial charge is 0.409 e. The van der Waals surface area contributed by atoms with Gasteiger partial charge >= 0.3 is 6.09 Å². The van der Waals surface area contributed by atoms with Gasteiger partial charge in [0.15, 0.2) is 0 Å². The Hall–Kier alpha value is -1.69. The first-order chi connectivity index (χ1) is 13.2. The number of halogens is 1. The van der Waals surface area contributed by atoms with Gasteiger partial charge in [-0.1, -0.05) is 41.6 Å². The van der Waals surface area contributed by atoms with Gasteiger partial charge in [-0.3, -0.25) is 4.90 Å². The number of rotatable bonds is 2. The lowest BCUT2D eigenvalue weighted by molar-refractivity contribution is 0.0652. The van der Waals surface area contributed by atoms with E-state index in [0.717, 1.165) is 24.5 Å². The zero-order chi connectivity index (χ0) is 18.8. The van der Waals surface area contributed by atoms with Gasteiger partial charge in [-0.15, -0.1) is 0 Å². The molecular weight excluding hydrogens is 380 g/mol. The van der Waals surface area contributed by atoms with E-state index in [4.69, 9.17) is 16.3 Å². The maximum atomic E-state index is 12.0. The summed E-state index contributed by atoms with van der Waals surface area (Å²) >= 11 is 8.17. The summed E-state index contributed by atoms with van der Waals surface area (Å²) in [6, 6.07) is 15.1. The van der Waals surface area contributed by atoms with Crippen LogP contribution in [0.1, 0.15) is 24.1 Å². The van der Waals surface area contributed by atoms with Crippen LogP contribution in [0.4, 0.5) is 4.79 Å². The highest BCUT2D eigenvalue weighted by molar-refractivity contribution is 7.99. The molecule has 1 saturated heterocycles. The normalized spacial score (nSPS) is 19.8. The Morgan fingerprint density at radius 3 is 2.70 bits per heavy atom. The van der Waals surface area contributed by atoms with Crippen LogP contribution in [-0.2, 0) is 11.2 Å². The van der Waals surface area contributed by atoms with Gasteiger partial charge in [0.2, 0.25) is 0 Å². The number of amides is 1. The Kier molecular flexibility index (Phi) is 5.62. The van der Waals surface area contributed by atoms with E-state index < -0.39 is 0 Å². The molecule has 142 valence electrons. The zero-order valence-corrected chi connectivity index (χ0v) is 16.9. The lowest BCUT2D eigenvalue weighted by Gasteiger charge is -2.39. The summed E-state index contributed by atoms with van der Waals surface area (Å²) in [5.41, 5.74) is 2.65. The number of hydrogen-bond acceptors (Lipinski definition) is 4. The second-order valence-electron chi connectivity index (χ2n) is 6.83. The number of carbonyl (C=O) groups excluding carboxylic acids is 1. The van der Waals surface area contributed by atoms with Crippen molar-refractivity contribution < 1.29 is 9.53 Å². The minimum absolute atomic E-state index is 0.206. The van der Waals surface area contributed by atoms with E-state index in [0.29, 0.717) is 19.7 Å². The molecule has 1 unspecified atom stereocenters. The maximum Gasteiger partial charge on any atom is 0.409 e. The zero-order valence-electron chi connectivity index (χ0n) is 15.4. The first-order valence-electron chi connectivity index (χ1n) is 9.36. The molecule has 6 heteroatoms. The van der Waals surface area contributed by atoms with Crippen molar-refractivity contribution in [2.24, 2.45) is 0 Å². The van der Waals surface area contributed by atoms with Crippen LogP contribution in [-0.4, -0.2) is 48.7 Å². The molecule has 1 fully saturated rings. The van der Waals surface area contributed by atoms with Crippen molar-refractivity contribution in [1.82, 2.24) is 9.80 Å². The number of benzene rings is 2. The minimum atomic E-state index is -0.206. The molecule has 2 aromatic rings. The molecule has 0 aliphatic carbocycles. The molecule has 2 aliphatic heterocycles. The molecule has 0 radical (unpaired) electrons. The van der Waals surface area contributed by atoms with E-state index in [2.05, 4.69) is 41.3 Å². The van der Waals surface area contributed by atoms with Crippen molar-refractivity contribution in [2.75, 3.05) is 32.8 Å². The van der Waals surface area contributed by atoms with Crippen LogP contribution in [0.5, 0.6) is 0 Å². The van der Waals surface area contributed by atoms with Gasteiger partial charge in [-0.05, 0) is 48.7 Å². The van der Waals surface area contributed by atoms with Gasteiger partial charge in [-0.2, -0.15) is 0 Å². The minimum Gasteiger partial charge on any atom is -0.450 e. The molecule has 4 rings (SSSR count). The SMILES string of the molecule is CCOC(=O)N1CCN(C2Cc3ccccc3Sc3ccc(Cl)cc32)CC1. The Labute approximate surface area is 169 Å². The van der Waals surface area contributed by atoms with Crippen LogP contribution < -0.4 is 0 Å². The quantitative estimate of drug-likeness (QED) is 0.717. The molecule has 2 heterocycles. The van der Waals surface area contributed by atoms with Crippen LogP contribution in [0.15, 0.2) is 52.3 Å². The molecule has 0 saturated carbocycles. The lowest BCUT2D eigenvalue weighted by atomic mass is 9.96. The summed E-state index contributed by atoms with van der Waals surface area (Å²) in [4.78, 5) is 18.9. The van der Waals surface area contributed by atoms with Crippen LogP contribution in [0.25, 0.3) is 0 Å². The summed E-state index contributed by atoms with van der Waals surface area (Å²) in [6.45, 7) is 5.32. The second kappa shape index (κ2) is 8.13. The Balaban J connectivity index is 1.60. The molecule has 0 aromatic heterocycles. The number of hydrogen-bond donors (Lipinski definition) is 0. The molecule has 1 amide bonds. The van der Waals surface area contributed by atoms with Crippen molar-refractivity contribution in [1.29, 1.82) is 0 Å². The summed E-state index contributed by atoms with van der Waals surface area (Å²) in [5.74, 6) is 0. The van der Waals surface area contributed by atoms with Crippen LogP contribution >= 0.6 is 23.4 Å². The highest BCUT2D eigenvalue weighted by atomic mass is 35.5. The molecular formula is C21H23ClN2O2S. The average Bonchev–Trinajstić information content (AvgIpc) is 2.85. The number of nitrogens with zero attached hydrogens (tertiary/aromatic N) is 2. The van der Waals surface area contributed by atoms with E-state index in [1.807, 2.05) is 24.8 Å². The van der Waals surface area contributed by atoms with Gasteiger partial charge in [0, 0.05) is 47.0 Å². The van der Waals surface area contributed by atoms with Gasteiger partial charge in [0.25, 0.3) is 0 Å². The van der Waals surface area contributed by atoms with E-state index >= 15 is 0 Å². The van der Waals surface area contributed by atoms with Crippen molar-refractivity contribution in [2.45, 2.75) is 29.2 Å². The van der Waals surface area contributed by atoms with Crippen LogP contribution in [0, 0.1) is 0 Å². The first kappa shape index (κ1) is 18.7. The summed E-state index contributed by atoms with van der Waals surface area (Å²) in [7, 11) is 0. The van der Waals surface area contributed by atoms with Crippen molar-refractivity contribution in [3.05, 3.63) is 58.6 Å². The van der Waals surface area contributed by atoms with Crippen LogP contribution in [0.3, 0.4) is 0 Å². The number of ether oxygens (including phenoxy) is 1. The molecule has 2 aromatic carbocycles. The van der Waals surface area contributed by atoms with E-state index in [1.165, 1.54) is 20.9 Å². The van der Waals surface area contributed by atoms with E-state index in [-0.39, 0.29) is 12.1 Å². The monoisotopic (exact) mass is 402 g/mol. The Morgan fingerprint density at radius 2 is 1.93 bits per heavy atom. The molecule has 27 heavy (non-hydrogen) atoms. The van der Waals surface area contributed by atoms with Crippen molar-refractivity contribution >= 4 is 29.5 Å². The fourth-order valence-corrected chi connectivity index (χ4v) is 5.13. The van der Waals surface area contributed by atoms with E-state index in [9.17, 15) is 4.79 Å². The second-order valence-corrected chi connectivity index (χ2v) is 8.35. The molecule has 0 N–H and O–H groups in total. The lowest BCUT2D eigenvalue weighted by Crippen LogP contribution is -2.50. The van der Waals surface area contributed by atoms with Gasteiger partial charge in [0.1, 0.15) is 0 Å². The highest BCUT2D eigenvalue weighted by Crippen LogP contribution is 2.43. The molecule has 2 aliphatic rings. The van der Waals surface area contributed by atoms with Crippen LogP contribution in [0.2, 0.25) is 5.02 Å². The summed E-state index contributed by atoms with van der Waals surface area (Å²) in [5, 5.41) is 0.774. The molecule has 1 atom stereocenters. The predicted molar refractivity (Wildman–Crippen MR) is 109 cm³/mol. The number of fused-ring (bicyclic) bond motifs is 2. The van der Waals surface area contributed by atoms with E-state index in [1.54, 1.807) is 4.90 Å². The fourth-order valence-electron chi connectivity index (χ4n) is 3.84. The third-order valence-corrected chi connectivity index (χ3v) is 6.66. The third-order valence-electron chi connectivity index (χ3n) is 5.22. The van der Waals surface area contributed by atoms with Crippen molar-refractivity contribution in [3.8, 4) is 0 Å². The largest absolute Gasteiger partial charge is 0.450 e. The standard InChI is InChI=1S/C21H23ClN2O2S/c1-2-26-21(25)24-11-9-23(10-12-24)18-13-15-5-3-4-6-19(15)27-20-8-7-16(22)14-17(18)20/h3-8,14,18H,2,9-13H2,1H3. The summed E-state index contributed by atoms with van der Waals surface area (Å²) in [6.07, 6.45) is 0.748. The number of piperazine rings is 1. The van der Waals surface area contributed by atoms with Gasteiger partial charge in [-0.25, -0.2) is 4.79 Å². The third kappa shape index (κ3) is 3.96.